The van der Waals surface area contributed by atoms with Crippen molar-refractivity contribution < 1.29 is 29.3 Å². The molecule has 0 bridgehead atoms. The normalized spacial score (nSPS) is 13.1. The van der Waals surface area contributed by atoms with Gasteiger partial charge in [0.15, 0.2) is 6.10 Å². The van der Waals surface area contributed by atoms with Gasteiger partial charge in [0.2, 0.25) is 0 Å². The maximum Gasteiger partial charge on any atom is 0.407 e. The molecule has 2 rings (SSSR count). The van der Waals surface area contributed by atoms with Gasteiger partial charge in [-0.3, -0.25) is 4.79 Å². The number of benzene rings is 2. The minimum Gasteiger partial charge on any atom is -0.479 e. The van der Waals surface area contributed by atoms with Crippen LogP contribution in [0.4, 0.5) is 4.79 Å². The molecule has 0 aliphatic carbocycles. The predicted octanol–water partition coefficient (Wildman–Crippen LogP) is 2.63. The van der Waals surface area contributed by atoms with Crippen LogP contribution in [-0.2, 0) is 16.1 Å². The van der Waals surface area contributed by atoms with Crippen LogP contribution in [0.2, 0.25) is 0 Å². The highest BCUT2D eigenvalue weighted by atomic mass is 16.6. The van der Waals surface area contributed by atoms with Gasteiger partial charge in [0.05, 0.1) is 6.04 Å². The molecule has 4 N–H and O–H groups in total. The summed E-state index contributed by atoms with van der Waals surface area (Å²) in [6.45, 7) is 5.49. The second kappa shape index (κ2) is 9.89. The average molecular weight is 414 g/mol. The molecule has 30 heavy (non-hydrogen) atoms. The first-order chi connectivity index (χ1) is 14.1. The molecule has 0 radical (unpaired) electrons. The molecule has 160 valence electrons. The quantitative estimate of drug-likeness (QED) is 0.552. The predicted molar refractivity (Wildman–Crippen MR) is 110 cm³/mol. The van der Waals surface area contributed by atoms with Crippen LogP contribution < -0.4 is 10.6 Å². The molecule has 0 heterocycles. The first kappa shape index (κ1) is 22.9. The van der Waals surface area contributed by atoms with Crippen LogP contribution in [0.15, 0.2) is 54.6 Å². The van der Waals surface area contributed by atoms with Gasteiger partial charge in [0.1, 0.15) is 5.60 Å². The van der Waals surface area contributed by atoms with Gasteiger partial charge >= 0.3 is 12.1 Å². The summed E-state index contributed by atoms with van der Waals surface area (Å²) in [5, 5.41) is 24.5. The van der Waals surface area contributed by atoms with Crippen molar-refractivity contribution in [3.63, 3.8) is 0 Å². The van der Waals surface area contributed by atoms with Gasteiger partial charge in [0.25, 0.3) is 5.91 Å². The summed E-state index contributed by atoms with van der Waals surface area (Å²) in [6.07, 6.45) is -2.38. The Morgan fingerprint density at radius 2 is 1.60 bits per heavy atom. The molecule has 8 nitrogen and oxygen atoms in total. The van der Waals surface area contributed by atoms with Crippen molar-refractivity contribution in [3.8, 4) is 0 Å². The van der Waals surface area contributed by atoms with E-state index in [9.17, 15) is 24.6 Å². The Morgan fingerprint density at radius 3 is 2.13 bits per heavy atom. The third-order valence-corrected chi connectivity index (χ3v) is 4.07. The van der Waals surface area contributed by atoms with Gasteiger partial charge in [0, 0.05) is 12.1 Å². The van der Waals surface area contributed by atoms with Crippen LogP contribution in [0.5, 0.6) is 0 Å². The van der Waals surface area contributed by atoms with Crippen molar-refractivity contribution in [1.29, 1.82) is 0 Å². The average Bonchev–Trinajstić information content (AvgIpc) is 2.69. The number of carbonyl (C=O) groups is 3. The lowest BCUT2D eigenvalue weighted by molar-refractivity contribution is -0.148. The standard InChI is InChI=1S/C22H26N2O6/c1-22(2,3)30-21(29)23-13-14-9-11-15(12-10-14)17(18(25)20(27)28)24-19(26)16-7-5-4-6-8-16/h4-12,17-18,25H,13H2,1-3H3,(H,23,29)(H,24,26)(H,27,28). The third-order valence-electron chi connectivity index (χ3n) is 4.07. The van der Waals surface area contributed by atoms with Gasteiger partial charge in [-0.15, -0.1) is 0 Å². The summed E-state index contributed by atoms with van der Waals surface area (Å²) in [5.74, 6) is -1.96. The van der Waals surface area contributed by atoms with E-state index in [1.54, 1.807) is 75.4 Å². The Morgan fingerprint density at radius 1 is 1.00 bits per heavy atom. The fraction of sp³-hybridized carbons (Fsp3) is 0.318. The molecule has 0 aliphatic rings. The zero-order chi connectivity index (χ0) is 22.3. The lowest BCUT2D eigenvalue weighted by atomic mass is 9.99. The van der Waals surface area contributed by atoms with E-state index >= 15 is 0 Å². The molecule has 2 amide bonds. The molecule has 2 aromatic carbocycles. The molecule has 0 saturated heterocycles. The first-order valence-electron chi connectivity index (χ1n) is 9.39. The summed E-state index contributed by atoms with van der Waals surface area (Å²) in [5.41, 5.74) is 0.890. The summed E-state index contributed by atoms with van der Waals surface area (Å²) in [4.78, 5) is 35.5. The molecule has 0 fully saturated rings. The number of aliphatic carboxylic acids is 1. The molecule has 0 saturated carbocycles. The summed E-state index contributed by atoms with van der Waals surface area (Å²) in [6, 6.07) is 13.7. The summed E-state index contributed by atoms with van der Waals surface area (Å²) >= 11 is 0. The fourth-order valence-electron chi connectivity index (χ4n) is 2.63. The Hall–Kier alpha value is -3.39. The fourth-order valence-corrected chi connectivity index (χ4v) is 2.63. The van der Waals surface area contributed by atoms with E-state index in [1.165, 1.54) is 0 Å². The number of carbonyl (C=O) groups excluding carboxylic acids is 2. The molecular weight excluding hydrogens is 388 g/mol. The number of rotatable bonds is 7. The van der Waals surface area contributed by atoms with E-state index in [1.807, 2.05) is 0 Å². The van der Waals surface area contributed by atoms with Gasteiger partial charge in [-0.1, -0.05) is 42.5 Å². The summed E-state index contributed by atoms with van der Waals surface area (Å²) in [7, 11) is 0. The van der Waals surface area contributed by atoms with Crippen molar-refractivity contribution in [2.45, 2.75) is 45.1 Å². The molecule has 2 atom stereocenters. The Kier molecular flexibility index (Phi) is 7.54. The second-order valence-corrected chi connectivity index (χ2v) is 7.70. The topological polar surface area (TPSA) is 125 Å². The highest BCUT2D eigenvalue weighted by molar-refractivity contribution is 5.94. The molecule has 2 aromatic rings. The number of nitrogens with one attached hydrogen (secondary N) is 2. The largest absolute Gasteiger partial charge is 0.479 e. The van der Waals surface area contributed by atoms with Gasteiger partial charge in [-0.2, -0.15) is 0 Å². The minimum atomic E-state index is -1.83. The number of carboxylic acids is 1. The smallest absolute Gasteiger partial charge is 0.407 e. The van der Waals surface area contributed by atoms with Crippen LogP contribution in [0.1, 0.15) is 48.3 Å². The van der Waals surface area contributed by atoms with E-state index < -0.39 is 35.7 Å². The van der Waals surface area contributed by atoms with Crippen LogP contribution in [0, 0.1) is 0 Å². The molecule has 0 aliphatic heterocycles. The zero-order valence-electron chi connectivity index (χ0n) is 17.1. The maximum absolute atomic E-state index is 12.4. The number of aliphatic hydroxyl groups is 1. The first-order valence-corrected chi connectivity index (χ1v) is 9.39. The van der Waals surface area contributed by atoms with E-state index in [2.05, 4.69) is 10.6 Å². The van der Waals surface area contributed by atoms with Crippen LogP contribution in [0.3, 0.4) is 0 Å². The number of hydrogen-bond acceptors (Lipinski definition) is 5. The number of amides is 2. The van der Waals surface area contributed by atoms with Crippen molar-refractivity contribution in [3.05, 3.63) is 71.3 Å². The Labute approximate surface area is 174 Å². The van der Waals surface area contributed by atoms with E-state index in [0.717, 1.165) is 5.56 Å². The molecule has 0 spiro atoms. The van der Waals surface area contributed by atoms with Crippen molar-refractivity contribution in [1.82, 2.24) is 10.6 Å². The van der Waals surface area contributed by atoms with E-state index in [0.29, 0.717) is 11.1 Å². The lowest BCUT2D eigenvalue weighted by Crippen LogP contribution is -2.40. The van der Waals surface area contributed by atoms with Crippen molar-refractivity contribution in [2.75, 3.05) is 0 Å². The third kappa shape index (κ3) is 6.89. The molecular formula is C22H26N2O6. The SMILES string of the molecule is CC(C)(C)OC(=O)NCc1ccc(C(NC(=O)c2ccccc2)C(O)C(=O)O)cc1. The Bertz CT molecular complexity index is 875. The second-order valence-electron chi connectivity index (χ2n) is 7.70. The molecule has 0 aromatic heterocycles. The number of alkyl carbamates (subject to hydrolysis) is 1. The van der Waals surface area contributed by atoms with Crippen LogP contribution in [-0.4, -0.2) is 39.9 Å². The highest BCUT2D eigenvalue weighted by Crippen LogP contribution is 2.19. The highest BCUT2D eigenvalue weighted by Gasteiger charge is 2.29. The number of hydrogen-bond donors (Lipinski definition) is 4. The van der Waals surface area contributed by atoms with Gasteiger partial charge < -0.3 is 25.6 Å². The van der Waals surface area contributed by atoms with E-state index in [-0.39, 0.29) is 6.54 Å². The number of aliphatic hydroxyl groups excluding tert-OH is 1. The van der Waals surface area contributed by atoms with Gasteiger partial charge in [-0.05, 0) is 44.0 Å². The zero-order valence-corrected chi connectivity index (χ0v) is 17.1. The minimum absolute atomic E-state index is 0.206. The van der Waals surface area contributed by atoms with Crippen LogP contribution in [0.25, 0.3) is 0 Å². The number of carboxylic acid groups (broad SMARTS) is 1. The molecule has 8 heteroatoms. The Balaban J connectivity index is 2.10. The van der Waals surface area contributed by atoms with Crippen molar-refractivity contribution in [2.24, 2.45) is 0 Å². The lowest BCUT2D eigenvalue weighted by Gasteiger charge is -2.22. The van der Waals surface area contributed by atoms with E-state index in [4.69, 9.17) is 4.74 Å². The molecule has 2 unspecified atom stereocenters. The maximum atomic E-state index is 12.4. The summed E-state index contributed by atoms with van der Waals surface area (Å²) < 4.78 is 5.17. The monoisotopic (exact) mass is 414 g/mol. The van der Waals surface area contributed by atoms with Gasteiger partial charge in [-0.25, -0.2) is 9.59 Å². The number of ether oxygens (including phenoxy) is 1. The van der Waals surface area contributed by atoms with Crippen molar-refractivity contribution >= 4 is 18.0 Å². The van der Waals surface area contributed by atoms with Crippen LogP contribution >= 0.6 is 0 Å².